The van der Waals surface area contributed by atoms with Crippen molar-refractivity contribution < 1.29 is 0 Å². The summed E-state index contributed by atoms with van der Waals surface area (Å²) < 4.78 is 1.76. The number of hydrogen-bond acceptors (Lipinski definition) is 2. The van der Waals surface area contributed by atoms with Crippen LogP contribution in [0.3, 0.4) is 0 Å². The molecule has 0 atom stereocenters. The van der Waals surface area contributed by atoms with E-state index in [-0.39, 0.29) is 0 Å². The fourth-order valence-electron chi connectivity index (χ4n) is 1.43. The number of hydrogen-bond donors (Lipinski definition) is 1. The monoisotopic (exact) mass is 251 g/mol. The van der Waals surface area contributed by atoms with Gasteiger partial charge >= 0.3 is 0 Å². The van der Waals surface area contributed by atoms with Crippen LogP contribution in [-0.2, 0) is 6.54 Å². The fourth-order valence-corrected chi connectivity index (χ4v) is 1.72. The van der Waals surface area contributed by atoms with Crippen LogP contribution < -0.4 is 5.73 Å². The lowest BCUT2D eigenvalue weighted by Gasteiger charge is -2.04. The van der Waals surface area contributed by atoms with Crippen LogP contribution in [0.25, 0.3) is 0 Å². The van der Waals surface area contributed by atoms with Crippen molar-refractivity contribution in [2.45, 2.75) is 6.54 Å². The minimum Gasteiger partial charge on any atom is -0.389 e. The number of nitrogens with two attached hydrogens (primary N) is 1. The number of nitrogens with zero attached hydrogens (tertiary/aromatic N) is 2. The highest BCUT2D eigenvalue weighted by molar-refractivity contribution is 7.80. The van der Waals surface area contributed by atoms with Gasteiger partial charge in [0.05, 0.1) is 17.8 Å². The molecule has 0 radical (unpaired) electrons. The van der Waals surface area contributed by atoms with Gasteiger partial charge in [0.25, 0.3) is 0 Å². The molecule has 82 valence electrons. The Morgan fingerprint density at radius 2 is 2.31 bits per heavy atom. The summed E-state index contributed by atoms with van der Waals surface area (Å²) in [5.74, 6) is 0. The molecule has 5 heteroatoms. The van der Waals surface area contributed by atoms with Crippen molar-refractivity contribution in [3.8, 4) is 0 Å². The summed E-state index contributed by atoms with van der Waals surface area (Å²) in [5, 5.41) is 4.74. The van der Waals surface area contributed by atoms with E-state index < -0.39 is 0 Å². The highest BCUT2D eigenvalue weighted by Gasteiger charge is 2.00. The van der Waals surface area contributed by atoms with Gasteiger partial charge in [0, 0.05) is 11.8 Å². The standard InChI is InChI=1S/C11H10ClN3S/c12-10-5-14-15(7-10)6-8-2-1-3-9(4-8)11(13)16/h1-5,7H,6H2,(H2,13,16). The Kier molecular flexibility index (Phi) is 3.22. The molecule has 0 unspecified atom stereocenters. The molecule has 2 aromatic rings. The summed E-state index contributed by atoms with van der Waals surface area (Å²) in [6, 6.07) is 7.77. The first kappa shape index (κ1) is 11.1. The largest absolute Gasteiger partial charge is 0.389 e. The second-order valence-electron chi connectivity index (χ2n) is 3.42. The maximum absolute atomic E-state index is 5.78. The molecule has 3 nitrogen and oxygen atoms in total. The Morgan fingerprint density at radius 3 is 2.94 bits per heavy atom. The number of thiocarbonyl (C=S) groups is 1. The lowest BCUT2D eigenvalue weighted by molar-refractivity contribution is 0.687. The predicted molar refractivity (Wildman–Crippen MR) is 68.7 cm³/mol. The summed E-state index contributed by atoms with van der Waals surface area (Å²) >= 11 is 10.7. The zero-order valence-electron chi connectivity index (χ0n) is 8.43. The normalized spacial score (nSPS) is 10.3. The summed E-state index contributed by atoms with van der Waals surface area (Å²) in [6.07, 6.45) is 3.38. The van der Waals surface area contributed by atoms with Crippen LogP contribution in [0.15, 0.2) is 36.7 Å². The van der Waals surface area contributed by atoms with E-state index in [0.29, 0.717) is 16.6 Å². The van der Waals surface area contributed by atoms with Gasteiger partial charge < -0.3 is 5.73 Å². The van der Waals surface area contributed by atoms with Crippen molar-refractivity contribution in [2.75, 3.05) is 0 Å². The molecule has 0 spiro atoms. The fraction of sp³-hybridized carbons (Fsp3) is 0.0909. The highest BCUT2D eigenvalue weighted by Crippen LogP contribution is 2.09. The molecule has 0 saturated heterocycles. The van der Waals surface area contributed by atoms with E-state index in [0.717, 1.165) is 11.1 Å². The van der Waals surface area contributed by atoms with Crippen LogP contribution in [0.1, 0.15) is 11.1 Å². The van der Waals surface area contributed by atoms with Gasteiger partial charge in [0.2, 0.25) is 0 Å². The van der Waals surface area contributed by atoms with E-state index >= 15 is 0 Å². The molecule has 0 aliphatic rings. The highest BCUT2D eigenvalue weighted by atomic mass is 35.5. The van der Waals surface area contributed by atoms with Gasteiger partial charge in [-0.3, -0.25) is 4.68 Å². The molecule has 1 heterocycles. The van der Waals surface area contributed by atoms with Crippen molar-refractivity contribution >= 4 is 28.8 Å². The van der Waals surface area contributed by atoms with E-state index in [1.54, 1.807) is 17.1 Å². The molecule has 0 amide bonds. The van der Waals surface area contributed by atoms with E-state index in [1.807, 2.05) is 24.3 Å². The minimum absolute atomic E-state index is 0.403. The van der Waals surface area contributed by atoms with Crippen molar-refractivity contribution in [2.24, 2.45) is 5.73 Å². The van der Waals surface area contributed by atoms with Gasteiger partial charge in [-0.05, 0) is 11.6 Å². The quantitative estimate of drug-likeness (QED) is 0.851. The van der Waals surface area contributed by atoms with Gasteiger partial charge in [0.1, 0.15) is 4.99 Å². The van der Waals surface area contributed by atoms with E-state index in [9.17, 15) is 0 Å². The molecule has 2 rings (SSSR count). The second-order valence-corrected chi connectivity index (χ2v) is 4.30. The SMILES string of the molecule is NC(=S)c1cccc(Cn2cc(Cl)cn2)c1. The molecule has 0 aliphatic carbocycles. The lowest BCUT2D eigenvalue weighted by Crippen LogP contribution is -2.10. The van der Waals surface area contributed by atoms with Crippen molar-refractivity contribution in [3.05, 3.63) is 52.8 Å². The third-order valence-electron chi connectivity index (χ3n) is 2.16. The van der Waals surface area contributed by atoms with Crippen molar-refractivity contribution in [3.63, 3.8) is 0 Å². The molecule has 2 N–H and O–H groups in total. The molecule has 0 bridgehead atoms. The molecule has 1 aromatic carbocycles. The summed E-state index contributed by atoms with van der Waals surface area (Å²) in [7, 11) is 0. The first-order chi connectivity index (χ1) is 7.65. The average molecular weight is 252 g/mol. The Labute approximate surface area is 104 Å². The average Bonchev–Trinajstić information content (AvgIpc) is 2.64. The van der Waals surface area contributed by atoms with Gasteiger partial charge in [-0.15, -0.1) is 0 Å². The van der Waals surface area contributed by atoms with Crippen LogP contribution in [0.4, 0.5) is 0 Å². The molecular formula is C11H10ClN3S. The van der Waals surface area contributed by atoms with E-state index in [2.05, 4.69) is 5.10 Å². The first-order valence-electron chi connectivity index (χ1n) is 4.72. The number of halogens is 1. The predicted octanol–water partition coefficient (Wildman–Crippen LogP) is 2.22. The van der Waals surface area contributed by atoms with Gasteiger partial charge in [0.15, 0.2) is 0 Å². The van der Waals surface area contributed by atoms with Crippen LogP contribution in [-0.4, -0.2) is 14.8 Å². The second kappa shape index (κ2) is 4.63. The van der Waals surface area contributed by atoms with Crippen LogP contribution in [0, 0.1) is 0 Å². The third-order valence-corrected chi connectivity index (χ3v) is 2.59. The maximum atomic E-state index is 5.78. The molecule has 0 saturated carbocycles. The van der Waals surface area contributed by atoms with E-state index in [4.69, 9.17) is 29.6 Å². The van der Waals surface area contributed by atoms with Crippen LogP contribution >= 0.6 is 23.8 Å². The smallest absolute Gasteiger partial charge is 0.103 e. The zero-order chi connectivity index (χ0) is 11.5. The van der Waals surface area contributed by atoms with Crippen LogP contribution in [0.5, 0.6) is 0 Å². The Hall–Kier alpha value is -1.39. The van der Waals surface area contributed by atoms with Gasteiger partial charge in [-0.1, -0.05) is 42.0 Å². The third kappa shape index (κ3) is 2.59. The maximum Gasteiger partial charge on any atom is 0.103 e. The minimum atomic E-state index is 0.403. The summed E-state index contributed by atoms with van der Waals surface area (Å²) in [5.41, 5.74) is 7.52. The molecule has 0 aliphatic heterocycles. The number of benzene rings is 1. The topological polar surface area (TPSA) is 43.8 Å². The lowest BCUT2D eigenvalue weighted by atomic mass is 10.1. The molecule has 0 fully saturated rings. The zero-order valence-corrected chi connectivity index (χ0v) is 10.0. The van der Waals surface area contributed by atoms with Crippen molar-refractivity contribution in [1.29, 1.82) is 0 Å². The number of aromatic nitrogens is 2. The Balaban J connectivity index is 2.21. The molecular weight excluding hydrogens is 242 g/mol. The molecule has 1 aromatic heterocycles. The van der Waals surface area contributed by atoms with Gasteiger partial charge in [-0.2, -0.15) is 5.10 Å². The van der Waals surface area contributed by atoms with Gasteiger partial charge in [-0.25, -0.2) is 0 Å². The Bertz CT molecular complexity index is 521. The molecule has 16 heavy (non-hydrogen) atoms. The first-order valence-corrected chi connectivity index (χ1v) is 5.50. The van der Waals surface area contributed by atoms with Crippen LogP contribution in [0.2, 0.25) is 5.02 Å². The summed E-state index contributed by atoms with van der Waals surface area (Å²) in [4.78, 5) is 0.403. The van der Waals surface area contributed by atoms with E-state index in [1.165, 1.54) is 0 Å². The van der Waals surface area contributed by atoms with Crippen molar-refractivity contribution in [1.82, 2.24) is 9.78 Å². The summed E-state index contributed by atoms with van der Waals surface area (Å²) in [6.45, 7) is 0.656. The Morgan fingerprint density at radius 1 is 1.50 bits per heavy atom. The number of rotatable bonds is 3.